The standard InChI is InChI=1S/C23H28ClN5O3S/c1-32-19-5-4-17(14-18(19)24)25-21(30)15-33-22-7-6-20(26-27-22)28-12-8-16(9-13-28)23(31)29-10-2-3-11-29/h4-7,14,16H,2-3,8-13,15H2,1H3,(H,25,30). The van der Waals surface area contributed by atoms with Gasteiger partial charge in [0.05, 0.1) is 17.9 Å². The number of carbonyl (C=O) groups excluding carboxylic acids is 2. The summed E-state index contributed by atoms with van der Waals surface area (Å²) < 4.78 is 5.12. The average molecular weight is 490 g/mol. The molecule has 0 saturated carbocycles. The molecule has 33 heavy (non-hydrogen) atoms. The number of hydrogen-bond donors (Lipinski definition) is 1. The lowest BCUT2D eigenvalue weighted by molar-refractivity contribution is -0.135. The fourth-order valence-electron chi connectivity index (χ4n) is 4.19. The van der Waals surface area contributed by atoms with Crippen molar-refractivity contribution in [3.63, 3.8) is 0 Å². The molecule has 2 amide bonds. The first-order valence-corrected chi connectivity index (χ1v) is 12.5. The smallest absolute Gasteiger partial charge is 0.234 e. The van der Waals surface area contributed by atoms with Crippen LogP contribution in [0.25, 0.3) is 0 Å². The van der Waals surface area contributed by atoms with Gasteiger partial charge in [-0.2, -0.15) is 0 Å². The number of aromatic nitrogens is 2. The highest BCUT2D eigenvalue weighted by atomic mass is 35.5. The molecule has 0 radical (unpaired) electrons. The molecule has 176 valence electrons. The van der Waals surface area contributed by atoms with Gasteiger partial charge in [0, 0.05) is 37.8 Å². The van der Waals surface area contributed by atoms with Gasteiger partial charge < -0.3 is 19.9 Å². The lowest BCUT2D eigenvalue weighted by atomic mass is 9.95. The molecule has 2 aliphatic rings. The molecular formula is C23H28ClN5O3S. The number of benzene rings is 1. The van der Waals surface area contributed by atoms with Crippen LogP contribution in [0.3, 0.4) is 0 Å². The lowest BCUT2D eigenvalue weighted by Gasteiger charge is -2.33. The summed E-state index contributed by atoms with van der Waals surface area (Å²) in [6.07, 6.45) is 3.95. The molecule has 10 heteroatoms. The van der Waals surface area contributed by atoms with Crippen molar-refractivity contribution in [2.45, 2.75) is 30.7 Å². The predicted octanol–water partition coefficient (Wildman–Crippen LogP) is 3.71. The topological polar surface area (TPSA) is 87.7 Å². The van der Waals surface area contributed by atoms with Gasteiger partial charge in [-0.3, -0.25) is 9.59 Å². The Kier molecular flexibility index (Phi) is 7.93. The number of rotatable bonds is 7. The van der Waals surface area contributed by atoms with Crippen LogP contribution in [0.1, 0.15) is 25.7 Å². The molecule has 0 atom stereocenters. The van der Waals surface area contributed by atoms with Crippen molar-refractivity contribution < 1.29 is 14.3 Å². The average Bonchev–Trinajstić information content (AvgIpc) is 3.38. The summed E-state index contributed by atoms with van der Waals surface area (Å²) in [5, 5.41) is 12.5. The number of thioether (sulfide) groups is 1. The monoisotopic (exact) mass is 489 g/mol. The largest absolute Gasteiger partial charge is 0.495 e. The van der Waals surface area contributed by atoms with Crippen molar-refractivity contribution in [1.82, 2.24) is 15.1 Å². The zero-order valence-electron chi connectivity index (χ0n) is 18.6. The molecule has 0 unspecified atom stereocenters. The molecule has 8 nitrogen and oxygen atoms in total. The van der Waals surface area contributed by atoms with Crippen LogP contribution in [-0.2, 0) is 9.59 Å². The summed E-state index contributed by atoms with van der Waals surface area (Å²) in [6, 6.07) is 8.91. The molecule has 0 spiro atoms. The summed E-state index contributed by atoms with van der Waals surface area (Å²) in [7, 11) is 1.54. The van der Waals surface area contributed by atoms with Crippen LogP contribution in [0, 0.1) is 5.92 Å². The van der Waals surface area contributed by atoms with Gasteiger partial charge in [0.1, 0.15) is 10.8 Å². The number of methoxy groups -OCH3 is 1. The molecule has 2 saturated heterocycles. The highest BCUT2D eigenvalue weighted by Gasteiger charge is 2.30. The van der Waals surface area contributed by atoms with Crippen LogP contribution < -0.4 is 15.0 Å². The molecule has 2 aromatic rings. The van der Waals surface area contributed by atoms with E-state index >= 15 is 0 Å². The molecule has 4 rings (SSSR count). The Morgan fingerprint density at radius 2 is 1.88 bits per heavy atom. The first kappa shape index (κ1) is 23.6. The van der Waals surface area contributed by atoms with Crippen LogP contribution in [0.2, 0.25) is 5.02 Å². The minimum atomic E-state index is -0.156. The van der Waals surface area contributed by atoms with E-state index in [0.29, 0.717) is 27.4 Å². The molecule has 1 N–H and O–H groups in total. The summed E-state index contributed by atoms with van der Waals surface area (Å²) in [5.41, 5.74) is 0.611. The Morgan fingerprint density at radius 3 is 2.52 bits per heavy atom. The van der Waals surface area contributed by atoms with E-state index in [-0.39, 0.29) is 17.6 Å². The van der Waals surface area contributed by atoms with E-state index in [1.807, 2.05) is 17.0 Å². The summed E-state index contributed by atoms with van der Waals surface area (Å²) in [6.45, 7) is 3.43. The predicted molar refractivity (Wildman–Crippen MR) is 130 cm³/mol. The van der Waals surface area contributed by atoms with Gasteiger partial charge in [0.2, 0.25) is 11.8 Å². The number of halogens is 1. The highest BCUT2D eigenvalue weighted by Crippen LogP contribution is 2.28. The SMILES string of the molecule is COc1ccc(NC(=O)CSc2ccc(N3CCC(C(=O)N4CCCC4)CC3)nn2)cc1Cl. The first-order chi connectivity index (χ1) is 16.0. The van der Waals surface area contributed by atoms with Crippen molar-refractivity contribution in [2.24, 2.45) is 5.92 Å². The number of anilines is 2. The Hall–Kier alpha value is -2.52. The van der Waals surface area contributed by atoms with E-state index in [4.69, 9.17) is 16.3 Å². The molecule has 3 heterocycles. The molecule has 1 aromatic carbocycles. The van der Waals surface area contributed by atoms with E-state index in [1.54, 1.807) is 25.3 Å². The minimum absolute atomic E-state index is 0.126. The maximum absolute atomic E-state index is 12.6. The Bertz CT molecular complexity index is 977. The van der Waals surface area contributed by atoms with Crippen molar-refractivity contribution >= 4 is 46.7 Å². The van der Waals surface area contributed by atoms with Crippen molar-refractivity contribution in [1.29, 1.82) is 0 Å². The molecule has 2 fully saturated rings. The van der Waals surface area contributed by atoms with E-state index < -0.39 is 0 Å². The first-order valence-electron chi connectivity index (χ1n) is 11.2. The van der Waals surface area contributed by atoms with Gasteiger partial charge in [-0.15, -0.1) is 10.2 Å². The second kappa shape index (κ2) is 11.1. The number of carbonyl (C=O) groups is 2. The van der Waals surface area contributed by atoms with Gasteiger partial charge >= 0.3 is 0 Å². The van der Waals surface area contributed by atoms with E-state index in [0.717, 1.165) is 57.7 Å². The van der Waals surface area contributed by atoms with E-state index in [1.165, 1.54) is 11.8 Å². The highest BCUT2D eigenvalue weighted by molar-refractivity contribution is 7.99. The number of amides is 2. The zero-order valence-corrected chi connectivity index (χ0v) is 20.2. The number of ether oxygens (including phenoxy) is 1. The zero-order chi connectivity index (χ0) is 23.2. The van der Waals surface area contributed by atoms with E-state index in [9.17, 15) is 9.59 Å². The van der Waals surface area contributed by atoms with Gasteiger partial charge in [-0.1, -0.05) is 23.4 Å². The van der Waals surface area contributed by atoms with Crippen LogP contribution in [0.5, 0.6) is 5.75 Å². The number of nitrogens with zero attached hydrogens (tertiary/aromatic N) is 4. The van der Waals surface area contributed by atoms with E-state index in [2.05, 4.69) is 20.4 Å². The number of hydrogen-bond acceptors (Lipinski definition) is 7. The summed E-state index contributed by atoms with van der Waals surface area (Å²) in [4.78, 5) is 29.1. The molecule has 2 aliphatic heterocycles. The number of nitrogens with one attached hydrogen (secondary N) is 1. The lowest BCUT2D eigenvalue weighted by Crippen LogP contribution is -2.42. The number of piperidine rings is 1. The van der Waals surface area contributed by atoms with Crippen LogP contribution in [-0.4, -0.2) is 66.0 Å². The Balaban J connectivity index is 1.23. The van der Waals surface area contributed by atoms with Gasteiger partial charge in [-0.05, 0) is 56.0 Å². The third-order valence-corrected chi connectivity index (χ3v) is 7.21. The van der Waals surface area contributed by atoms with Crippen molar-refractivity contribution in [2.75, 3.05) is 49.3 Å². The quantitative estimate of drug-likeness (QED) is 0.593. The fourth-order valence-corrected chi connectivity index (χ4v) is 5.06. The summed E-state index contributed by atoms with van der Waals surface area (Å²) >= 11 is 7.42. The molecule has 0 aliphatic carbocycles. The summed E-state index contributed by atoms with van der Waals surface area (Å²) in [5.74, 6) is 1.87. The molecule has 0 bridgehead atoms. The molecular weight excluding hydrogens is 462 g/mol. The third-order valence-electron chi connectivity index (χ3n) is 6.00. The third kappa shape index (κ3) is 6.09. The maximum atomic E-state index is 12.6. The normalized spacial score (nSPS) is 16.7. The minimum Gasteiger partial charge on any atom is -0.495 e. The fraction of sp³-hybridized carbons (Fsp3) is 0.478. The Morgan fingerprint density at radius 1 is 1.12 bits per heavy atom. The van der Waals surface area contributed by atoms with Crippen molar-refractivity contribution in [3.05, 3.63) is 35.4 Å². The second-order valence-corrected chi connectivity index (χ2v) is 9.61. The van der Waals surface area contributed by atoms with Crippen LogP contribution >= 0.6 is 23.4 Å². The van der Waals surface area contributed by atoms with Crippen LogP contribution in [0.15, 0.2) is 35.4 Å². The number of likely N-dealkylation sites (tertiary alicyclic amines) is 1. The van der Waals surface area contributed by atoms with Gasteiger partial charge in [0.25, 0.3) is 0 Å². The molecule has 1 aromatic heterocycles. The Labute approximate surface area is 203 Å². The van der Waals surface area contributed by atoms with Crippen LogP contribution in [0.4, 0.5) is 11.5 Å². The van der Waals surface area contributed by atoms with Gasteiger partial charge in [-0.25, -0.2) is 0 Å². The van der Waals surface area contributed by atoms with Crippen molar-refractivity contribution in [3.8, 4) is 5.75 Å². The second-order valence-electron chi connectivity index (χ2n) is 8.21. The van der Waals surface area contributed by atoms with Gasteiger partial charge in [0.15, 0.2) is 5.82 Å². The maximum Gasteiger partial charge on any atom is 0.234 e.